The number of nitrogens with one attached hydrogen (secondary N) is 1. The summed E-state index contributed by atoms with van der Waals surface area (Å²) in [4.78, 5) is 26.0. The molecule has 0 saturated carbocycles. The topological polar surface area (TPSA) is 99.3 Å². The Labute approximate surface area is 126 Å². The molecular weight excluding hydrogens is 288 g/mol. The van der Waals surface area contributed by atoms with Gasteiger partial charge in [-0.1, -0.05) is 6.07 Å². The number of hydrogen-bond acceptors (Lipinski definition) is 5. The molecule has 1 aromatic carbocycles. The van der Waals surface area contributed by atoms with Crippen LogP contribution in [0.4, 0.5) is 11.5 Å². The molecule has 2 rings (SSSR count). The maximum Gasteiger partial charge on any atom is 0.381 e. The number of amides is 1. The highest BCUT2D eigenvalue weighted by Gasteiger charge is 2.17. The minimum absolute atomic E-state index is 0.0657. The van der Waals surface area contributed by atoms with Crippen molar-refractivity contribution in [3.8, 4) is 5.75 Å². The van der Waals surface area contributed by atoms with E-state index >= 15 is 0 Å². The van der Waals surface area contributed by atoms with E-state index in [1.165, 1.54) is 17.9 Å². The molecule has 1 amide bonds. The van der Waals surface area contributed by atoms with Crippen LogP contribution in [0.15, 0.2) is 24.4 Å². The summed E-state index contributed by atoms with van der Waals surface area (Å²) in [5, 5.41) is 13.4. The summed E-state index contributed by atoms with van der Waals surface area (Å²) in [6.07, 6.45) is 1.24. The van der Waals surface area contributed by atoms with Gasteiger partial charge in [-0.3, -0.25) is 9.36 Å². The highest BCUT2D eigenvalue weighted by atomic mass is 16.6. The van der Waals surface area contributed by atoms with E-state index < -0.39 is 4.92 Å². The minimum atomic E-state index is -0.592. The van der Waals surface area contributed by atoms with Crippen LogP contribution in [-0.4, -0.2) is 27.5 Å². The summed E-state index contributed by atoms with van der Waals surface area (Å²) in [7, 11) is 1.52. The van der Waals surface area contributed by atoms with Gasteiger partial charge in [-0.05, 0) is 34.5 Å². The van der Waals surface area contributed by atoms with Crippen LogP contribution in [0.2, 0.25) is 0 Å². The van der Waals surface area contributed by atoms with Gasteiger partial charge in [0, 0.05) is 6.92 Å². The fourth-order valence-corrected chi connectivity index (χ4v) is 2.00. The van der Waals surface area contributed by atoms with Crippen molar-refractivity contribution in [1.29, 1.82) is 0 Å². The third kappa shape index (κ3) is 3.40. The molecule has 1 aromatic heterocycles. The molecular formula is C14H16N4O4. The number of carbonyl (C=O) groups excluding carboxylic acids is 1. The first-order valence-electron chi connectivity index (χ1n) is 6.53. The lowest BCUT2D eigenvalue weighted by Gasteiger charge is -2.11. The number of hydrogen-bond donors (Lipinski definition) is 1. The maximum absolute atomic E-state index is 12.1. The lowest BCUT2D eigenvalue weighted by molar-refractivity contribution is -0.389. The van der Waals surface area contributed by atoms with Gasteiger partial charge < -0.3 is 20.2 Å². The van der Waals surface area contributed by atoms with Gasteiger partial charge in [0.15, 0.2) is 0 Å². The Morgan fingerprint density at radius 1 is 1.45 bits per heavy atom. The molecule has 116 valence electrons. The van der Waals surface area contributed by atoms with Gasteiger partial charge in [0.25, 0.3) is 0 Å². The summed E-state index contributed by atoms with van der Waals surface area (Å²) in [6, 6.07) is 5.43. The Bertz CT molecular complexity index is 724. The Hall–Kier alpha value is -2.90. The molecule has 0 radical (unpaired) electrons. The molecule has 0 saturated heterocycles. The molecule has 22 heavy (non-hydrogen) atoms. The molecule has 1 N–H and O–H groups in total. The molecule has 8 nitrogen and oxygen atoms in total. The van der Waals surface area contributed by atoms with Crippen molar-refractivity contribution in [3.05, 3.63) is 45.9 Å². The van der Waals surface area contributed by atoms with Gasteiger partial charge in [-0.2, -0.15) is 0 Å². The van der Waals surface area contributed by atoms with Crippen molar-refractivity contribution >= 4 is 17.4 Å². The number of methoxy groups -OCH3 is 1. The van der Waals surface area contributed by atoms with Gasteiger partial charge >= 0.3 is 5.82 Å². The van der Waals surface area contributed by atoms with Gasteiger partial charge in [0.1, 0.15) is 18.5 Å². The van der Waals surface area contributed by atoms with Crippen molar-refractivity contribution in [3.63, 3.8) is 0 Å². The standard InChI is InChI=1S/C14H16N4O4/c1-9-4-5-12(22-3)11(6-9)16-14(19)8-17-7-13(18(20)21)15-10(17)2/h4-7H,8H2,1-3H3,(H,16,19). The van der Waals surface area contributed by atoms with E-state index in [4.69, 9.17) is 4.74 Å². The summed E-state index contributed by atoms with van der Waals surface area (Å²) in [5.74, 6) is 0.350. The number of ether oxygens (including phenoxy) is 1. The van der Waals surface area contributed by atoms with Gasteiger partial charge in [0.05, 0.1) is 12.8 Å². The zero-order valence-electron chi connectivity index (χ0n) is 12.5. The van der Waals surface area contributed by atoms with E-state index in [1.54, 1.807) is 19.1 Å². The van der Waals surface area contributed by atoms with Crippen LogP contribution in [0.25, 0.3) is 0 Å². The highest BCUT2D eigenvalue weighted by Crippen LogP contribution is 2.25. The lowest BCUT2D eigenvalue weighted by Crippen LogP contribution is -2.19. The monoisotopic (exact) mass is 304 g/mol. The average molecular weight is 304 g/mol. The SMILES string of the molecule is COc1ccc(C)cc1NC(=O)Cn1cc([N+](=O)[O-])nc1C. The van der Waals surface area contributed by atoms with Crippen molar-refractivity contribution in [1.82, 2.24) is 9.55 Å². The van der Waals surface area contributed by atoms with Gasteiger partial charge in [0.2, 0.25) is 11.7 Å². The van der Waals surface area contributed by atoms with E-state index in [2.05, 4.69) is 10.3 Å². The number of nitro groups is 1. The molecule has 0 aliphatic carbocycles. The molecule has 0 unspecified atom stereocenters. The number of benzene rings is 1. The molecule has 0 aliphatic rings. The average Bonchev–Trinajstić information content (AvgIpc) is 2.80. The van der Waals surface area contributed by atoms with Crippen molar-refractivity contribution in [2.24, 2.45) is 0 Å². The van der Waals surface area contributed by atoms with Crippen molar-refractivity contribution < 1.29 is 14.5 Å². The van der Waals surface area contributed by atoms with Gasteiger partial charge in [-0.15, -0.1) is 0 Å². The summed E-state index contributed by atoms with van der Waals surface area (Å²) in [5.41, 5.74) is 1.53. The fraction of sp³-hybridized carbons (Fsp3) is 0.286. The first-order chi connectivity index (χ1) is 10.4. The molecule has 0 atom stereocenters. The second-order valence-corrected chi connectivity index (χ2v) is 4.78. The summed E-state index contributed by atoms with van der Waals surface area (Å²) in [6.45, 7) is 3.44. The first kappa shape index (κ1) is 15.5. The van der Waals surface area contributed by atoms with Crippen LogP contribution >= 0.6 is 0 Å². The van der Waals surface area contributed by atoms with Crippen LogP contribution in [-0.2, 0) is 11.3 Å². The lowest BCUT2D eigenvalue weighted by atomic mass is 10.2. The van der Waals surface area contributed by atoms with Crippen LogP contribution in [0.3, 0.4) is 0 Å². The van der Waals surface area contributed by atoms with E-state index in [0.717, 1.165) is 5.56 Å². The predicted octanol–water partition coefficient (Wildman–Crippen LogP) is 2.06. The largest absolute Gasteiger partial charge is 0.495 e. The predicted molar refractivity (Wildman–Crippen MR) is 80.0 cm³/mol. The van der Waals surface area contributed by atoms with E-state index in [9.17, 15) is 14.9 Å². The van der Waals surface area contributed by atoms with E-state index in [0.29, 0.717) is 17.3 Å². The first-order valence-corrected chi connectivity index (χ1v) is 6.53. The number of aromatic nitrogens is 2. The third-order valence-electron chi connectivity index (χ3n) is 3.09. The number of nitrogens with zero attached hydrogens (tertiary/aromatic N) is 3. The summed E-state index contributed by atoms with van der Waals surface area (Å²) < 4.78 is 6.61. The molecule has 0 bridgehead atoms. The Kier molecular flexibility index (Phi) is 4.40. The number of imidazole rings is 1. The van der Waals surface area contributed by atoms with Crippen LogP contribution in [0.5, 0.6) is 5.75 Å². The number of anilines is 1. The number of rotatable bonds is 5. The van der Waals surface area contributed by atoms with E-state index in [1.807, 2.05) is 13.0 Å². The Morgan fingerprint density at radius 3 is 2.77 bits per heavy atom. The molecule has 0 aliphatic heterocycles. The second kappa shape index (κ2) is 6.25. The quantitative estimate of drug-likeness (QED) is 0.673. The Morgan fingerprint density at radius 2 is 2.18 bits per heavy atom. The maximum atomic E-state index is 12.1. The van der Waals surface area contributed by atoms with Gasteiger partial charge in [-0.25, -0.2) is 0 Å². The molecule has 2 aromatic rings. The summed E-state index contributed by atoms with van der Waals surface area (Å²) >= 11 is 0. The van der Waals surface area contributed by atoms with Crippen LogP contribution in [0.1, 0.15) is 11.4 Å². The number of aryl methyl sites for hydroxylation is 2. The minimum Gasteiger partial charge on any atom is -0.495 e. The van der Waals surface area contributed by atoms with Crippen molar-refractivity contribution in [2.45, 2.75) is 20.4 Å². The molecule has 1 heterocycles. The molecule has 8 heteroatoms. The number of carbonyl (C=O) groups is 1. The Balaban J connectivity index is 2.14. The zero-order chi connectivity index (χ0) is 16.3. The molecule has 0 fully saturated rings. The van der Waals surface area contributed by atoms with Crippen LogP contribution in [0, 0.1) is 24.0 Å². The zero-order valence-corrected chi connectivity index (χ0v) is 12.5. The fourth-order valence-electron chi connectivity index (χ4n) is 2.00. The highest BCUT2D eigenvalue weighted by molar-refractivity contribution is 5.92. The smallest absolute Gasteiger partial charge is 0.381 e. The van der Waals surface area contributed by atoms with E-state index in [-0.39, 0.29) is 18.3 Å². The third-order valence-corrected chi connectivity index (χ3v) is 3.09. The normalized spacial score (nSPS) is 10.3. The van der Waals surface area contributed by atoms with Crippen LogP contribution < -0.4 is 10.1 Å². The van der Waals surface area contributed by atoms with Crippen molar-refractivity contribution in [2.75, 3.05) is 12.4 Å². The second-order valence-electron chi connectivity index (χ2n) is 4.78. The molecule has 0 spiro atoms.